The molecule has 0 unspecified atom stereocenters. The number of rotatable bonds is 5. The smallest absolute Gasteiger partial charge is 0.333 e. The van der Waals surface area contributed by atoms with E-state index in [-0.39, 0.29) is 0 Å². The number of furan rings is 1. The lowest BCUT2D eigenvalue weighted by Crippen LogP contribution is -2.46. The van der Waals surface area contributed by atoms with Gasteiger partial charge in [0.05, 0.1) is 5.56 Å². The van der Waals surface area contributed by atoms with Crippen LogP contribution in [0.3, 0.4) is 0 Å². The van der Waals surface area contributed by atoms with Crippen LogP contribution in [0.4, 0.5) is 4.79 Å². The summed E-state index contributed by atoms with van der Waals surface area (Å²) < 4.78 is 5.29. The first-order chi connectivity index (χ1) is 11.8. The predicted molar refractivity (Wildman–Crippen MR) is 94.9 cm³/mol. The zero-order valence-corrected chi connectivity index (χ0v) is 15.0. The maximum absolute atomic E-state index is 12.0. The first-order valence-electron chi connectivity index (χ1n) is 7.99. The number of hydrogen-bond acceptors (Lipinski definition) is 4. The average Bonchev–Trinajstić information content (AvgIpc) is 2.90. The van der Waals surface area contributed by atoms with Gasteiger partial charge in [0, 0.05) is 13.1 Å². The number of nitrogens with zero attached hydrogens (tertiary/aromatic N) is 1. The van der Waals surface area contributed by atoms with Crippen LogP contribution in [0.2, 0.25) is 0 Å². The molecule has 7 nitrogen and oxygen atoms in total. The van der Waals surface area contributed by atoms with Gasteiger partial charge in [-0.2, -0.15) is 0 Å². The van der Waals surface area contributed by atoms with Crippen molar-refractivity contribution in [1.29, 1.82) is 0 Å². The topological polar surface area (TPSA) is 86.6 Å². The molecule has 0 aliphatic rings. The normalized spacial score (nSPS) is 10.6. The average molecular weight is 344 g/mol. The van der Waals surface area contributed by atoms with E-state index in [1.54, 1.807) is 19.9 Å². The Hall–Kier alpha value is -2.80. The van der Waals surface area contributed by atoms with Gasteiger partial charge in [-0.15, -0.1) is 0 Å². The number of hydrogen-bond donors (Lipinski definition) is 3. The van der Waals surface area contributed by atoms with Crippen molar-refractivity contribution in [2.75, 3.05) is 14.1 Å². The van der Waals surface area contributed by atoms with Gasteiger partial charge in [-0.3, -0.25) is 10.2 Å². The molecule has 0 atom stereocenters. The molecule has 0 aliphatic carbocycles. The summed E-state index contributed by atoms with van der Waals surface area (Å²) in [5, 5.41) is 2.69. The van der Waals surface area contributed by atoms with Crippen molar-refractivity contribution in [3.05, 3.63) is 58.5 Å². The minimum absolute atomic E-state index is 0.369. The molecule has 1 aromatic carbocycles. The highest BCUT2D eigenvalue weighted by Crippen LogP contribution is 2.12. The SMILES string of the molecule is Cc1cc(C(=O)NNC(=O)NCc2ccc(CN(C)C)cc2)c(C)o1. The van der Waals surface area contributed by atoms with E-state index in [4.69, 9.17) is 4.42 Å². The van der Waals surface area contributed by atoms with E-state index in [0.29, 0.717) is 23.6 Å². The highest BCUT2D eigenvalue weighted by Gasteiger charge is 2.13. The van der Waals surface area contributed by atoms with Gasteiger partial charge in [0.1, 0.15) is 11.5 Å². The summed E-state index contributed by atoms with van der Waals surface area (Å²) in [6, 6.07) is 9.13. The van der Waals surface area contributed by atoms with E-state index in [9.17, 15) is 9.59 Å². The van der Waals surface area contributed by atoms with Crippen LogP contribution in [0, 0.1) is 13.8 Å². The standard InChI is InChI=1S/C18H24N4O3/c1-12-9-16(13(2)25-12)17(23)20-21-18(24)19-10-14-5-7-15(8-6-14)11-22(3)4/h5-9H,10-11H2,1-4H3,(H,20,23)(H2,19,21,24). The Kier molecular flexibility index (Phi) is 6.19. The minimum Gasteiger partial charge on any atom is -0.466 e. The Bertz CT molecular complexity index is 735. The number of carbonyl (C=O) groups excluding carboxylic acids is 2. The second kappa shape index (κ2) is 8.34. The fourth-order valence-electron chi connectivity index (χ4n) is 2.39. The molecule has 0 saturated heterocycles. The molecule has 134 valence electrons. The van der Waals surface area contributed by atoms with Gasteiger partial charge in [0.25, 0.3) is 5.91 Å². The first-order valence-corrected chi connectivity index (χ1v) is 7.99. The van der Waals surface area contributed by atoms with Gasteiger partial charge in [0.15, 0.2) is 0 Å². The molecule has 0 radical (unpaired) electrons. The second-order valence-electron chi connectivity index (χ2n) is 6.14. The zero-order chi connectivity index (χ0) is 18.4. The highest BCUT2D eigenvalue weighted by molar-refractivity contribution is 5.96. The summed E-state index contributed by atoms with van der Waals surface area (Å²) in [4.78, 5) is 25.8. The largest absolute Gasteiger partial charge is 0.466 e. The maximum atomic E-state index is 12.0. The zero-order valence-electron chi connectivity index (χ0n) is 15.0. The molecule has 3 N–H and O–H groups in total. The first kappa shape index (κ1) is 18.5. The number of nitrogens with one attached hydrogen (secondary N) is 3. The van der Waals surface area contributed by atoms with Crippen molar-refractivity contribution >= 4 is 11.9 Å². The number of amides is 3. The third-order valence-corrected chi connectivity index (χ3v) is 3.55. The fraction of sp³-hybridized carbons (Fsp3) is 0.333. The summed E-state index contributed by atoms with van der Waals surface area (Å²) >= 11 is 0. The lowest BCUT2D eigenvalue weighted by molar-refractivity contribution is 0.0934. The molecule has 25 heavy (non-hydrogen) atoms. The molecule has 0 fully saturated rings. The Morgan fingerprint density at radius 1 is 1.04 bits per heavy atom. The van der Waals surface area contributed by atoms with Crippen molar-refractivity contribution in [2.24, 2.45) is 0 Å². The number of benzene rings is 1. The molecule has 0 aliphatic heterocycles. The fourth-order valence-corrected chi connectivity index (χ4v) is 2.39. The summed E-state index contributed by atoms with van der Waals surface area (Å²) in [5.74, 6) is 0.734. The van der Waals surface area contributed by atoms with Crippen LogP contribution < -0.4 is 16.2 Å². The minimum atomic E-state index is -0.483. The van der Waals surface area contributed by atoms with Crippen LogP contribution in [-0.2, 0) is 13.1 Å². The highest BCUT2D eigenvalue weighted by atomic mass is 16.3. The van der Waals surface area contributed by atoms with Gasteiger partial charge in [-0.05, 0) is 45.1 Å². The predicted octanol–water partition coefficient (Wildman–Crippen LogP) is 2.10. The van der Waals surface area contributed by atoms with Crippen molar-refractivity contribution in [1.82, 2.24) is 21.1 Å². The summed E-state index contributed by atoms with van der Waals surface area (Å²) in [5.41, 5.74) is 7.26. The van der Waals surface area contributed by atoms with Crippen LogP contribution in [0.1, 0.15) is 33.0 Å². The molecule has 2 aromatic rings. The summed E-state index contributed by atoms with van der Waals surface area (Å²) in [6.07, 6.45) is 0. The molecule has 0 spiro atoms. The van der Waals surface area contributed by atoms with Crippen LogP contribution in [0.5, 0.6) is 0 Å². The van der Waals surface area contributed by atoms with Crippen LogP contribution in [-0.4, -0.2) is 30.9 Å². The Morgan fingerprint density at radius 2 is 1.68 bits per heavy atom. The lowest BCUT2D eigenvalue weighted by Gasteiger charge is -2.11. The van der Waals surface area contributed by atoms with Gasteiger partial charge in [0.2, 0.25) is 0 Å². The molecule has 2 rings (SSSR count). The molecule has 0 saturated carbocycles. The summed E-state index contributed by atoms with van der Waals surface area (Å²) in [6.45, 7) is 4.69. The molecule has 1 heterocycles. The van der Waals surface area contributed by atoms with Gasteiger partial charge >= 0.3 is 6.03 Å². The Labute approximate surface area is 147 Å². The monoisotopic (exact) mass is 344 g/mol. The van der Waals surface area contributed by atoms with Gasteiger partial charge < -0.3 is 14.6 Å². The molecule has 3 amide bonds. The van der Waals surface area contributed by atoms with Gasteiger partial charge in [-0.25, -0.2) is 10.2 Å². The van der Waals surface area contributed by atoms with Crippen molar-refractivity contribution in [3.63, 3.8) is 0 Å². The van der Waals surface area contributed by atoms with Crippen LogP contribution in [0.15, 0.2) is 34.7 Å². The van der Waals surface area contributed by atoms with E-state index < -0.39 is 11.9 Å². The van der Waals surface area contributed by atoms with Crippen molar-refractivity contribution < 1.29 is 14.0 Å². The molecule has 7 heteroatoms. The Balaban J connectivity index is 1.77. The maximum Gasteiger partial charge on any atom is 0.333 e. The second-order valence-corrected chi connectivity index (χ2v) is 6.14. The van der Waals surface area contributed by atoms with Crippen LogP contribution in [0.25, 0.3) is 0 Å². The van der Waals surface area contributed by atoms with E-state index in [1.165, 1.54) is 5.56 Å². The van der Waals surface area contributed by atoms with E-state index in [1.807, 2.05) is 38.4 Å². The number of urea groups is 1. The van der Waals surface area contributed by atoms with Gasteiger partial charge in [-0.1, -0.05) is 24.3 Å². The number of hydrazine groups is 1. The molecular weight excluding hydrogens is 320 g/mol. The van der Waals surface area contributed by atoms with E-state index in [0.717, 1.165) is 12.1 Å². The number of carbonyl (C=O) groups is 2. The van der Waals surface area contributed by atoms with Crippen molar-refractivity contribution in [2.45, 2.75) is 26.9 Å². The summed E-state index contributed by atoms with van der Waals surface area (Å²) in [7, 11) is 4.03. The van der Waals surface area contributed by atoms with Crippen LogP contribution >= 0.6 is 0 Å². The number of aryl methyl sites for hydroxylation is 2. The Morgan fingerprint density at radius 3 is 2.24 bits per heavy atom. The van der Waals surface area contributed by atoms with E-state index >= 15 is 0 Å². The quantitative estimate of drug-likeness (QED) is 0.725. The third-order valence-electron chi connectivity index (χ3n) is 3.55. The third kappa shape index (κ3) is 5.65. The molecular formula is C18H24N4O3. The molecule has 1 aromatic heterocycles. The lowest BCUT2D eigenvalue weighted by atomic mass is 10.1. The molecule has 0 bridgehead atoms. The van der Waals surface area contributed by atoms with Crippen molar-refractivity contribution in [3.8, 4) is 0 Å². The van der Waals surface area contributed by atoms with E-state index in [2.05, 4.69) is 21.1 Å².